The highest BCUT2D eigenvalue weighted by molar-refractivity contribution is 6.75. The fraction of sp³-hybridized carbons (Fsp3) is 1.00. The molecule has 0 spiro atoms. The number of hydrogen-bond donors (Lipinski definition) is 0. The minimum atomic E-state index is -2.80. The van der Waals surface area contributed by atoms with E-state index in [1.165, 1.54) is 0 Å². The lowest BCUT2D eigenvalue weighted by Crippen LogP contribution is -2.51. The van der Waals surface area contributed by atoms with Crippen molar-refractivity contribution in [3.8, 4) is 0 Å². The van der Waals surface area contributed by atoms with E-state index in [1.807, 2.05) is 0 Å². The van der Waals surface area contributed by atoms with Gasteiger partial charge in [-0.2, -0.15) is 0 Å². The summed E-state index contributed by atoms with van der Waals surface area (Å²) < 4.78 is 58.5. The van der Waals surface area contributed by atoms with Crippen LogP contribution in [0.4, 0.5) is 0 Å². The zero-order chi connectivity index (χ0) is 33.5. The van der Waals surface area contributed by atoms with Crippen LogP contribution >= 0.6 is 0 Å². The highest BCUT2D eigenvalue weighted by Gasteiger charge is 2.46. The Bertz CT molecular complexity index is 598. The van der Waals surface area contributed by atoms with Crippen molar-refractivity contribution in [3.05, 3.63) is 0 Å². The minimum Gasteiger partial charge on any atom is -0.459 e. The number of rotatable bonds is 31. The van der Waals surface area contributed by atoms with Crippen LogP contribution in [0.1, 0.15) is 80.1 Å². The van der Waals surface area contributed by atoms with Crippen LogP contribution in [-0.4, -0.2) is 98.6 Å². The Morgan fingerprint density at radius 3 is 0.977 bits per heavy atom. The van der Waals surface area contributed by atoms with Crippen LogP contribution in [0.3, 0.4) is 0 Å². The summed E-state index contributed by atoms with van der Waals surface area (Å²) in [5.74, 6) is -0.269. The molecule has 0 atom stereocenters. The molecule has 0 amide bonds. The van der Waals surface area contributed by atoms with E-state index in [-0.39, 0.29) is 5.91 Å². The molecule has 0 aromatic heterocycles. The molecular weight excluding hydrogens is 661 g/mol. The molecule has 0 fully saturated rings. The third-order valence-electron chi connectivity index (χ3n) is 6.69. The van der Waals surface area contributed by atoms with Crippen molar-refractivity contribution >= 4 is 53.0 Å². The number of hydrogen-bond acceptors (Lipinski definition) is 9. The van der Waals surface area contributed by atoms with Gasteiger partial charge in [0.2, 0.25) is 9.76 Å². The molecule has 0 bridgehead atoms. The molecule has 0 aliphatic rings. The molecule has 266 valence electrons. The van der Waals surface area contributed by atoms with Crippen LogP contribution in [0.25, 0.3) is 0 Å². The Morgan fingerprint density at radius 2 is 0.750 bits per heavy atom. The Kier molecular flexibility index (Phi) is 25.5. The maximum absolute atomic E-state index is 6.94. The summed E-state index contributed by atoms with van der Waals surface area (Å²) in [6.07, 6.45) is 5.64. The van der Waals surface area contributed by atoms with Crippen molar-refractivity contribution in [1.82, 2.24) is 0 Å². The lowest BCUT2D eigenvalue weighted by Gasteiger charge is -2.37. The first-order chi connectivity index (χ1) is 20.8. The summed E-state index contributed by atoms with van der Waals surface area (Å²) in [6.45, 7) is 30.3. The van der Waals surface area contributed by atoms with Gasteiger partial charge in [0.1, 0.15) is 5.91 Å². The van der Waals surface area contributed by atoms with E-state index in [0.717, 1.165) is 62.7 Å². The topological polar surface area (TPSA) is 83.1 Å². The van der Waals surface area contributed by atoms with Crippen LogP contribution in [0.2, 0.25) is 63.5 Å². The summed E-state index contributed by atoms with van der Waals surface area (Å²) in [7, 11) is -12.2. The molecular formula is C29H72O9Si6. The highest BCUT2D eigenvalue weighted by Crippen LogP contribution is 2.29. The normalized spacial score (nSPS) is 13.8. The van der Waals surface area contributed by atoms with E-state index >= 15 is 0 Å². The van der Waals surface area contributed by atoms with Gasteiger partial charge in [-0.25, -0.2) is 0 Å². The first-order valence-electron chi connectivity index (χ1n) is 17.6. The van der Waals surface area contributed by atoms with E-state index in [9.17, 15) is 0 Å². The van der Waals surface area contributed by atoms with Crippen LogP contribution in [0.15, 0.2) is 0 Å². The molecule has 0 saturated carbocycles. The quantitative estimate of drug-likeness (QED) is 0.0542. The van der Waals surface area contributed by atoms with Crippen LogP contribution in [0.5, 0.6) is 0 Å². The minimum absolute atomic E-state index is 0.269. The second-order valence-corrected chi connectivity index (χ2v) is 31.4. The van der Waals surface area contributed by atoms with Gasteiger partial charge in [0.15, 0.2) is 25.7 Å². The zero-order valence-electron chi connectivity index (χ0n) is 30.8. The molecule has 0 saturated heterocycles. The average molecular weight is 733 g/mol. The van der Waals surface area contributed by atoms with Gasteiger partial charge in [-0.3, -0.25) is 0 Å². The predicted molar refractivity (Wildman–Crippen MR) is 198 cm³/mol. The second kappa shape index (κ2) is 25.0. The van der Waals surface area contributed by atoms with Gasteiger partial charge < -0.3 is 39.5 Å². The van der Waals surface area contributed by atoms with Gasteiger partial charge in [0.05, 0.1) is 0 Å². The molecule has 0 unspecified atom stereocenters. The van der Waals surface area contributed by atoms with Crippen LogP contribution in [0, 0.1) is 0 Å². The Morgan fingerprint density at radius 1 is 0.477 bits per heavy atom. The largest absolute Gasteiger partial charge is 0.500 e. The average Bonchev–Trinajstić information content (AvgIpc) is 2.98. The fourth-order valence-electron chi connectivity index (χ4n) is 4.33. The summed E-state index contributed by atoms with van der Waals surface area (Å²) in [6, 6.07) is 3.33. The second-order valence-electron chi connectivity index (χ2n) is 13.0. The van der Waals surface area contributed by atoms with Crippen molar-refractivity contribution in [3.63, 3.8) is 0 Å². The lowest BCUT2D eigenvalue weighted by atomic mass is 10.5. The van der Waals surface area contributed by atoms with Crippen molar-refractivity contribution in [2.75, 3.05) is 39.6 Å². The molecule has 0 N–H and O–H groups in total. The SMILES string of the molecule is CCCO[Si](CC[Si](C)(C)OC(O[Si](C)(C)CC[Si](OCCC)(OCCC)OCCC)[SiH2]O[SiH](C)C)(OCCC)OCCC. The Balaban J connectivity index is 5.79. The fourth-order valence-corrected chi connectivity index (χ4v) is 23.3. The molecule has 44 heavy (non-hydrogen) atoms. The van der Waals surface area contributed by atoms with Gasteiger partial charge in [0.25, 0.3) is 0 Å². The zero-order valence-corrected chi connectivity index (χ0v) is 37.4. The van der Waals surface area contributed by atoms with Gasteiger partial charge in [-0.05, 0) is 89.9 Å². The molecule has 0 rings (SSSR count). The Labute approximate surface area is 280 Å². The molecule has 15 heteroatoms. The summed E-state index contributed by atoms with van der Waals surface area (Å²) in [4.78, 5) is 0. The van der Waals surface area contributed by atoms with Gasteiger partial charge in [0, 0.05) is 51.7 Å². The third-order valence-corrected chi connectivity index (χ3v) is 22.7. The molecule has 9 nitrogen and oxygen atoms in total. The van der Waals surface area contributed by atoms with Crippen molar-refractivity contribution < 1.29 is 39.5 Å². The van der Waals surface area contributed by atoms with Crippen LogP contribution in [-0.2, 0) is 39.5 Å². The summed E-state index contributed by atoms with van der Waals surface area (Å²) >= 11 is 0. The third kappa shape index (κ3) is 21.0. The van der Waals surface area contributed by atoms with E-state index in [0.29, 0.717) is 39.6 Å². The standard InChI is InChI=1S/C29H72O9Si6/c1-13-19-30-43(31-20-14-2,32-21-15-3)27-25-41(9,10)36-29(39-38-40(7)8)37-42(11,12)26-28-44(33-22-16-4,34-23-17-5)35-24-18-6/h29,40H,13-28,39H2,1-12H3. The molecule has 0 radical (unpaired) electrons. The molecule has 0 heterocycles. The monoisotopic (exact) mass is 732 g/mol. The van der Waals surface area contributed by atoms with Crippen LogP contribution < -0.4 is 0 Å². The summed E-state index contributed by atoms with van der Waals surface area (Å²) in [5, 5.41) is 0. The van der Waals surface area contributed by atoms with E-state index in [4.69, 9.17) is 39.5 Å². The first kappa shape index (κ1) is 44.9. The smallest absolute Gasteiger partial charge is 0.459 e. The van der Waals surface area contributed by atoms with Gasteiger partial charge in [-0.15, -0.1) is 0 Å². The molecule has 0 aromatic carbocycles. The van der Waals surface area contributed by atoms with E-state index in [1.54, 1.807) is 0 Å². The van der Waals surface area contributed by atoms with Crippen molar-refractivity contribution in [2.24, 2.45) is 0 Å². The highest BCUT2D eigenvalue weighted by atomic mass is 28.4. The van der Waals surface area contributed by atoms with Crippen molar-refractivity contribution in [1.29, 1.82) is 0 Å². The van der Waals surface area contributed by atoms with Crippen molar-refractivity contribution in [2.45, 2.75) is 149 Å². The first-order valence-corrected chi connectivity index (χ1v) is 31.8. The molecule has 0 aliphatic carbocycles. The lowest BCUT2D eigenvalue weighted by molar-refractivity contribution is 0.0453. The van der Waals surface area contributed by atoms with E-state index in [2.05, 4.69) is 80.8 Å². The van der Waals surface area contributed by atoms with Gasteiger partial charge >= 0.3 is 17.6 Å². The van der Waals surface area contributed by atoms with Gasteiger partial charge in [-0.1, -0.05) is 41.5 Å². The predicted octanol–water partition coefficient (Wildman–Crippen LogP) is 7.23. The maximum atomic E-state index is 6.94. The molecule has 0 aliphatic heterocycles. The summed E-state index contributed by atoms with van der Waals surface area (Å²) in [5.41, 5.74) is 0. The maximum Gasteiger partial charge on any atom is 0.500 e. The Hall–Kier alpha value is 0.941. The van der Waals surface area contributed by atoms with E-state index < -0.39 is 53.0 Å². The molecule has 0 aromatic rings.